The molecule has 444 valence electrons. The van der Waals surface area contributed by atoms with Gasteiger partial charge in [0, 0.05) is 0 Å². The lowest BCUT2D eigenvalue weighted by atomic mass is 10.00. The minimum absolute atomic E-state index is 0.364. The SMILES string of the molecule is CCCCCCCCCCC/C=C\C/C=C\CCCCCCCCCCCCCCCCC(O)C(=O)NC(CO)C(O)C(O)CCC/C=C/CCCCCCCCCCCCCCCCCCCCCCCCCC. The van der Waals surface area contributed by atoms with Crippen LogP contribution in [0.2, 0.25) is 0 Å². The lowest BCUT2D eigenvalue weighted by Gasteiger charge is -2.27. The van der Waals surface area contributed by atoms with E-state index < -0.39 is 36.9 Å². The van der Waals surface area contributed by atoms with E-state index in [4.69, 9.17) is 0 Å². The fourth-order valence-electron chi connectivity index (χ4n) is 10.8. The fraction of sp³-hybridized carbons (Fsp3) is 0.899. The molecule has 0 aromatic rings. The Labute approximate surface area is 468 Å². The van der Waals surface area contributed by atoms with Crippen molar-refractivity contribution in [3.05, 3.63) is 36.5 Å². The molecule has 0 bridgehead atoms. The van der Waals surface area contributed by atoms with Gasteiger partial charge in [0.2, 0.25) is 5.91 Å². The lowest BCUT2D eigenvalue weighted by Crippen LogP contribution is -2.53. The van der Waals surface area contributed by atoms with Gasteiger partial charge in [0.15, 0.2) is 0 Å². The molecule has 0 rings (SSSR count). The predicted molar refractivity (Wildman–Crippen MR) is 330 cm³/mol. The van der Waals surface area contributed by atoms with Crippen LogP contribution in [0.4, 0.5) is 0 Å². The number of carbonyl (C=O) groups is 1. The highest BCUT2D eigenvalue weighted by atomic mass is 16.3. The van der Waals surface area contributed by atoms with Crippen LogP contribution in [0.1, 0.15) is 367 Å². The molecule has 6 nitrogen and oxygen atoms in total. The number of carbonyl (C=O) groups excluding carboxylic acids is 1. The van der Waals surface area contributed by atoms with Crippen LogP contribution >= 0.6 is 0 Å². The quantitative estimate of drug-likeness (QED) is 0.0308. The van der Waals surface area contributed by atoms with Crippen molar-refractivity contribution in [2.75, 3.05) is 6.61 Å². The van der Waals surface area contributed by atoms with Gasteiger partial charge in [-0.25, -0.2) is 0 Å². The average molecular weight is 1060 g/mol. The molecule has 0 aliphatic carbocycles. The fourth-order valence-corrected chi connectivity index (χ4v) is 10.8. The van der Waals surface area contributed by atoms with Gasteiger partial charge in [-0.3, -0.25) is 4.79 Å². The molecule has 1 amide bonds. The number of aliphatic hydroxyl groups is 4. The number of nitrogens with one attached hydrogen (secondary N) is 1. The molecule has 0 fully saturated rings. The molecule has 0 spiro atoms. The van der Waals surface area contributed by atoms with E-state index in [1.807, 2.05) is 0 Å². The number of hydrogen-bond donors (Lipinski definition) is 5. The third-order valence-corrected chi connectivity index (χ3v) is 16.1. The molecular formula is C69H133NO5. The third-order valence-electron chi connectivity index (χ3n) is 16.1. The summed E-state index contributed by atoms with van der Waals surface area (Å²) in [7, 11) is 0. The number of unbranched alkanes of at least 4 members (excludes halogenated alkanes) is 48. The standard InChI is InChI=1S/C69H133NO5/c1-3-5-7-9-11-13-15-17-19-21-23-25-27-29-31-33-35-37-39-41-43-45-47-49-51-53-55-57-59-61-63-67(73)69(75)70-65(64-71)68(74)66(72)62-60-58-56-54-52-50-48-46-44-42-40-38-36-34-32-30-28-26-24-22-20-18-16-14-12-10-8-6-4-2/h23,25,29,31,54,56,65-68,71-74H,3-22,24,26-28,30,32-53,55,57-64H2,1-2H3,(H,70,75)/b25-23-,31-29-,56-54+. The maximum atomic E-state index is 12.6. The largest absolute Gasteiger partial charge is 0.394 e. The number of allylic oxidation sites excluding steroid dienone is 6. The zero-order valence-corrected chi connectivity index (χ0v) is 50.6. The van der Waals surface area contributed by atoms with E-state index in [1.54, 1.807) is 0 Å². The molecule has 0 aliphatic heterocycles. The van der Waals surface area contributed by atoms with E-state index >= 15 is 0 Å². The van der Waals surface area contributed by atoms with Crippen LogP contribution in [0, 0.1) is 0 Å². The smallest absolute Gasteiger partial charge is 0.249 e. The van der Waals surface area contributed by atoms with Gasteiger partial charge < -0.3 is 25.7 Å². The molecular weight excluding hydrogens is 923 g/mol. The van der Waals surface area contributed by atoms with Crippen molar-refractivity contribution < 1.29 is 25.2 Å². The topological polar surface area (TPSA) is 110 Å². The van der Waals surface area contributed by atoms with Crippen molar-refractivity contribution >= 4 is 5.91 Å². The van der Waals surface area contributed by atoms with Gasteiger partial charge in [-0.05, 0) is 70.6 Å². The summed E-state index contributed by atoms with van der Waals surface area (Å²) in [6.45, 7) is 4.09. The van der Waals surface area contributed by atoms with Crippen LogP contribution in [0.15, 0.2) is 36.5 Å². The summed E-state index contributed by atoms with van der Waals surface area (Å²) in [6, 6.07) is -1.00. The summed E-state index contributed by atoms with van der Waals surface area (Å²) in [5.41, 5.74) is 0. The minimum Gasteiger partial charge on any atom is -0.394 e. The monoisotopic (exact) mass is 1060 g/mol. The molecule has 0 aromatic carbocycles. The average Bonchev–Trinajstić information content (AvgIpc) is 3.42. The summed E-state index contributed by atoms with van der Waals surface area (Å²) in [5, 5.41) is 44.2. The Bertz CT molecular complexity index is 1190. The molecule has 4 atom stereocenters. The summed E-state index contributed by atoms with van der Waals surface area (Å²) < 4.78 is 0. The molecule has 0 saturated heterocycles. The Morgan fingerprint density at radius 1 is 0.333 bits per heavy atom. The van der Waals surface area contributed by atoms with Gasteiger partial charge in [0.25, 0.3) is 0 Å². The van der Waals surface area contributed by atoms with Crippen molar-refractivity contribution in [3.63, 3.8) is 0 Å². The highest BCUT2D eigenvalue weighted by molar-refractivity contribution is 5.80. The maximum absolute atomic E-state index is 12.6. The molecule has 0 aliphatic rings. The molecule has 5 N–H and O–H groups in total. The third kappa shape index (κ3) is 57.0. The van der Waals surface area contributed by atoms with Crippen molar-refractivity contribution in [2.24, 2.45) is 0 Å². The second-order valence-corrected chi connectivity index (χ2v) is 23.5. The Morgan fingerprint density at radius 3 is 0.880 bits per heavy atom. The number of rotatable bonds is 63. The summed E-state index contributed by atoms with van der Waals surface area (Å²) in [6.07, 6.45) is 81.2. The first kappa shape index (κ1) is 73.5. The van der Waals surface area contributed by atoms with Crippen LogP contribution in [0.3, 0.4) is 0 Å². The Kier molecular flexibility index (Phi) is 62.1. The van der Waals surface area contributed by atoms with Crippen molar-refractivity contribution in [1.82, 2.24) is 5.32 Å². The van der Waals surface area contributed by atoms with Crippen LogP contribution in [0.25, 0.3) is 0 Å². The van der Waals surface area contributed by atoms with E-state index in [1.165, 1.54) is 295 Å². The van der Waals surface area contributed by atoms with Crippen molar-refractivity contribution in [2.45, 2.75) is 391 Å². The van der Waals surface area contributed by atoms with Gasteiger partial charge in [-0.1, -0.05) is 333 Å². The van der Waals surface area contributed by atoms with Crippen LogP contribution < -0.4 is 5.32 Å². The van der Waals surface area contributed by atoms with Gasteiger partial charge in [-0.15, -0.1) is 0 Å². The van der Waals surface area contributed by atoms with Crippen LogP contribution in [-0.2, 0) is 4.79 Å². The normalized spacial score (nSPS) is 13.7. The lowest BCUT2D eigenvalue weighted by molar-refractivity contribution is -0.132. The second-order valence-electron chi connectivity index (χ2n) is 23.5. The summed E-state index contributed by atoms with van der Waals surface area (Å²) in [4.78, 5) is 12.6. The maximum Gasteiger partial charge on any atom is 0.249 e. The van der Waals surface area contributed by atoms with Crippen molar-refractivity contribution in [1.29, 1.82) is 0 Å². The molecule has 75 heavy (non-hydrogen) atoms. The molecule has 0 aromatic heterocycles. The number of hydrogen-bond acceptors (Lipinski definition) is 5. The van der Waals surface area contributed by atoms with Gasteiger partial charge in [-0.2, -0.15) is 0 Å². The first-order valence-electron chi connectivity index (χ1n) is 33.9. The zero-order chi connectivity index (χ0) is 54.4. The summed E-state index contributed by atoms with van der Waals surface area (Å²) >= 11 is 0. The highest BCUT2D eigenvalue weighted by Gasteiger charge is 2.28. The van der Waals surface area contributed by atoms with Crippen LogP contribution in [-0.4, -0.2) is 57.3 Å². The van der Waals surface area contributed by atoms with E-state index in [2.05, 4.69) is 55.6 Å². The Hall–Kier alpha value is -1.47. The van der Waals surface area contributed by atoms with E-state index in [0.717, 1.165) is 44.9 Å². The predicted octanol–water partition coefficient (Wildman–Crippen LogP) is 20.7. The zero-order valence-electron chi connectivity index (χ0n) is 50.6. The first-order valence-corrected chi connectivity index (χ1v) is 33.9. The second kappa shape index (κ2) is 63.4. The molecule has 4 unspecified atom stereocenters. The van der Waals surface area contributed by atoms with E-state index in [0.29, 0.717) is 12.8 Å². The molecule has 6 heteroatoms. The number of amides is 1. The Morgan fingerprint density at radius 2 is 0.587 bits per heavy atom. The van der Waals surface area contributed by atoms with Gasteiger partial charge in [0.05, 0.1) is 18.8 Å². The van der Waals surface area contributed by atoms with Crippen LogP contribution in [0.5, 0.6) is 0 Å². The first-order chi connectivity index (χ1) is 37.0. The molecule has 0 radical (unpaired) electrons. The Balaban J connectivity index is 3.59. The van der Waals surface area contributed by atoms with Gasteiger partial charge >= 0.3 is 0 Å². The van der Waals surface area contributed by atoms with Crippen molar-refractivity contribution in [3.8, 4) is 0 Å². The highest BCUT2D eigenvalue weighted by Crippen LogP contribution is 2.19. The summed E-state index contributed by atoms with van der Waals surface area (Å²) in [5.74, 6) is -0.589. The van der Waals surface area contributed by atoms with Gasteiger partial charge in [0.1, 0.15) is 12.2 Å². The molecule has 0 heterocycles. The van der Waals surface area contributed by atoms with E-state index in [-0.39, 0.29) is 0 Å². The minimum atomic E-state index is -1.28. The number of aliphatic hydroxyl groups excluding tert-OH is 4. The molecule has 0 saturated carbocycles. The van der Waals surface area contributed by atoms with E-state index in [9.17, 15) is 25.2 Å².